The number of hydrogen-bond donors (Lipinski definition) is 2. The molecule has 0 aliphatic rings. The lowest BCUT2D eigenvalue weighted by atomic mass is 9.98. The van der Waals surface area contributed by atoms with Gasteiger partial charge in [0.25, 0.3) is 5.91 Å². The molecule has 7 nitrogen and oxygen atoms in total. The summed E-state index contributed by atoms with van der Waals surface area (Å²) in [5.74, 6) is 1.67. The molecule has 0 aliphatic carbocycles. The summed E-state index contributed by atoms with van der Waals surface area (Å²) < 4.78 is 16.4. The van der Waals surface area contributed by atoms with Crippen molar-refractivity contribution in [3.05, 3.63) is 71.8 Å². The van der Waals surface area contributed by atoms with E-state index in [1.165, 1.54) is 19.8 Å². The van der Waals surface area contributed by atoms with E-state index in [4.69, 9.17) is 26.1 Å². The molecule has 1 heterocycles. The Morgan fingerprint density at radius 2 is 1.71 bits per heavy atom. The van der Waals surface area contributed by atoms with Crippen LogP contribution < -0.4 is 20.1 Å². The lowest BCUT2D eigenvalue weighted by molar-refractivity contribution is 0.0977. The molecule has 2 N–H and O–H groups in total. The van der Waals surface area contributed by atoms with Crippen LogP contribution in [0, 0.1) is 0 Å². The maximum Gasteiger partial charge on any atom is 0.257 e. The predicted molar refractivity (Wildman–Crippen MR) is 141 cm³/mol. The molecule has 4 rings (SSSR count). The second-order valence-corrected chi connectivity index (χ2v) is 8.55. The molecule has 0 fully saturated rings. The van der Waals surface area contributed by atoms with E-state index in [0.29, 0.717) is 28.9 Å². The number of rotatable bonds is 7. The first-order chi connectivity index (χ1) is 16.9. The van der Waals surface area contributed by atoms with E-state index in [9.17, 15) is 4.79 Å². The number of benzene rings is 3. The SMILES string of the molecule is CC[C@@H](C)c1ccc2oc(-c3ccc(NC(=S)NC(=O)c4cc(OC)cc(OC)c4)cc3)nc2c1. The Labute approximate surface area is 209 Å². The van der Waals surface area contributed by atoms with Gasteiger partial charge in [0.2, 0.25) is 5.89 Å². The van der Waals surface area contributed by atoms with Crippen LogP contribution in [0.4, 0.5) is 5.69 Å². The van der Waals surface area contributed by atoms with E-state index in [0.717, 1.165) is 28.8 Å². The van der Waals surface area contributed by atoms with Crippen LogP contribution in [0.2, 0.25) is 0 Å². The van der Waals surface area contributed by atoms with E-state index in [-0.39, 0.29) is 11.0 Å². The number of anilines is 1. The Morgan fingerprint density at radius 3 is 2.34 bits per heavy atom. The number of carbonyl (C=O) groups is 1. The van der Waals surface area contributed by atoms with Crippen LogP contribution in [-0.2, 0) is 0 Å². The fourth-order valence-corrected chi connectivity index (χ4v) is 3.79. The monoisotopic (exact) mass is 489 g/mol. The summed E-state index contributed by atoms with van der Waals surface area (Å²) in [6, 6.07) is 18.5. The molecule has 1 amide bonds. The minimum Gasteiger partial charge on any atom is -0.497 e. The minimum atomic E-state index is -0.375. The summed E-state index contributed by atoms with van der Waals surface area (Å²) in [4.78, 5) is 17.3. The average Bonchev–Trinajstić information content (AvgIpc) is 3.31. The molecule has 0 aliphatic heterocycles. The van der Waals surface area contributed by atoms with Gasteiger partial charge in [-0.3, -0.25) is 10.1 Å². The van der Waals surface area contributed by atoms with Crippen LogP contribution in [0.5, 0.6) is 11.5 Å². The maximum atomic E-state index is 12.6. The van der Waals surface area contributed by atoms with E-state index in [1.54, 1.807) is 18.2 Å². The zero-order chi connectivity index (χ0) is 24.9. The van der Waals surface area contributed by atoms with Crippen molar-refractivity contribution in [1.29, 1.82) is 0 Å². The van der Waals surface area contributed by atoms with Crippen LogP contribution in [0.1, 0.15) is 42.1 Å². The van der Waals surface area contributed by atoms with Gasteiger partial charge in [0.15, 0.2) is 10.7 Å². The van der Waals surface area contributed by atoms with Crippen molar-refractivity contribution in [2.45, 2.75) is 26.2 Å². The van der Waals surface area contributed by atoms with Crippen molar-refractivity contribution < 1.29 is 18.7 Å². The lowest BCUT2D eigenvalue weighted by Gasteiger charge is -2.11. The van der Waals surface area contributed by atoms with Gasteiger partial charge < -0.3 is 19.2 Å². The lowest BCUT2D eigenvalue weighted by Crippen LogP contribution is -2.34. The summed E-state index contributed by atoms with van der Waals surface area (Å²) in [5, 5.41) is 5.86. The van der Waals surface area contributed by atoms with E-state index >= 15 is 0 Å². The van der Waals surface area contributed by atoms with Gasteiger partial charge in [0.05, 0.1) is 14.2 Å². The number of ether oxygens (including phenoxy) is 2. The molecule has 0 radical (unpaired) electrons. The van der Waals surface area contributed by atoms with Gasteiger partial charge in [-0.15, -0.1) is 0 Å². The molecule has 0 unspecified atom stereocenters. The first-order valence-electron chi connectivity index (χ1n) is 11.3. The van der Waals surface area contributed by atoms with Crippen LogP contribution >= 0.6 is 12.2 Å². The highest BCUT2D eigenvalue weighted by atomic mass is 32.1. The Balaban J connectivity index is 1.43. The number of aromatic nitrogens is 1. The fraction of sp³-hybridized carbons (Fsp3) is 0.222. The first-order valence-corrected chi connectivity index (χ1v) is 11.7. The Morgan fingerprint density at radius 1 is 1.03 bits per heavy atom. The normalized spacial score (nSPS) is 11.7. The van der Waals surface area contributed by atoms with Crippen molar-refractivity contribution in [1.82, 2.24) is 10.3 Å². The van der Waals surface area contributed by atoms with Crippen molar-refractivity contribution in [2.75, 3.05) is 19.5 Å². The maximum absolute atomic E-state index is 12.6. The molecule has 8 heteroatoms. The number of carbonyl (C=O) groups excluding carboxylic acids is 1. The fourth-order valence-electron chi connectivity index (χ4n) is 3.58. The number of amides is 1. The largest absolute Gasteiger partial charge is 0.497 e. The molecule has 1 aromatic heterocycles. The molecule has 1 atom stereocenters. The summed E-state index contributed by atoms with van der Waals surface area (Å²) >= 11 is 5.31. The molecular weight excluding hydrogens is 462 g/mol. The second-order valence-electron chi connectivity index (χ2n) is 8.14. The second kappa shape index (κ2) is 10.6. The molecular formula is C27H27N3O4S. The molecule has 4 aromatic rings. The molecule has 180 valence electrons. The summed E-state index contributed by atoms with van der Waals surface area (Å²) in [6.07, 6.45) is 1.07. The number of hydrogen-bond acceptors (Lipinski definition) is 6. The van der Waals surface area contributed by atoms with Crippen LogP contribution in [-0.4, -0.2) is 30.2 Å². The smallest absolute Gasteiger partial charge is 0.257 e. The molecule has 0 saturated carbocycles. The predicted octanol–water partition coefficient (Wildman–Crippen LogP) is 6.15. The first kappa shape index (κ1) is 24.2. The molecule has 35 heavy (non-hydrogen) atoms. The zero-order valence-electron chi connectivity index (χ0n) is 20.0. The highest BCUT2D eigenvalue weighted by Gasteiger charge is 2.13. The molecule has 0 bridgehead atoms. The number of fused-ring (bicyclic) bond motifs is 1. The Bertz CT molecular complexity index is 1340. The van der Waals surface area contributed by atoms with Crippen LogP contribution in [0.15, 0.2) is 65.1 Å². The van der Waals surface area contributed by atoms with Crippen LogP contribution in [0.25, 0.3) is 22.6 Å². The van der Waals surface area contributed by atoms with Crippen molar-refractivity contribution in [2.24, 2.45) is 0 Å². The van der Waals surface area contributed by atoms with E-state index in [1.807, 2.05) is 30.3 Å². The van der Waals surface area contributed by atoms with Crippen molar-refractivity contribution >= 4 is 40.0 Å². The Kier molecular flexibility index (Phi) is 7.31. The van der Waals surface area contributed by atoms with Gasteiger partial charge >= 0.3 is 0 Å². The van der Waals surface area contributed by atoms with Gasteiger partial charge in [-0.1, -0.05) is 19.9 Å². The molecule has 3 aromatic carbocycles. The Hall–Kier alpha value is -3.91. The topological polar surface area (TPSA) is 85.6 Å². The summed E-state index contributed by atoms with van der Waals surface area (Å²) in [7, 11) is 3.05. The van der Waals surface area contributed by atoms with Gasteiger partial charge in [-0.25, -0.2) is 4.98 Å². The molecule has 0 saturated heterocycles. The van der Waals surface area contributed by atoms with Gasteiger partial charge in [0, 0.05) is 22.9 Å². The van der Waals surface area contributed by atoms with Crippen molar-refractivity contribution in [3.8, 4) is 23.0 Å². The van der Waals surface area contributed by atoms with Crippen LogP contribution in [0.3, 0.4) is 0 Å². The minimum absolute atomic E-state index is 0.170. The standard InChI is InChI=1S/C27H27N3O4S/c1-5-16(2)18-8-11-24-23(14-18)29-26(34-24)17-6-9-20(10-7-17)28-27(35)30-25(31)19-12-21(32-3)15-22(13-19)33-4/h6-16H,5H2,1-4H3,(H2,28,30,31,35)/t16-/m1/s1. The average molecular weight is 490 g/mol. The third-order valence-corrected chi connectivity index (χ3v) is 6.03. The van der Waals surface area contributed by atoms with Gasteiger partial charge in [0.1, 0.15) is 17.0 Å². The summed E-state index contributed by atoms with van der Waals surface area (Å²) in [6.45, 7) is 4.38. The quantitative estimate of drug-likeness (QED) is 0.301. The highest BCUT2D eigenvalue weighted by molar-refractivity contribution is 7.80. The number of nitrogens with one attached hydrogen (secondary N) is 2. The zero-order valence-corrected chi connectivity index (χ0v) is 20.9. The highest BCUT2D eigenvalue weighted by Crippen LogP contribution is 2.28. The van der Waals surface area contributed by atoms with E-state index in [2.05, 4.69) is 41.6 Å². The number of methoxy groups -OCH3 is 2. The van der Waals surface area contributed by atoms with Gasteiger partial charge in [-0.05, 0) is 78.7 Å². The molecule has 0 spiro atoms. The third kappa shape index (κ3) is 5.60. The van der Waals surface area contributed by atoms with Gasteiger partial charge in [-0.2, -0.15) is 0 Å². The number of thiocarbonyl (C=S) groups is 1. The summed E-state index contributed by atoms with van der Waals surface area (Å²) in [5.41, 5.74) is 4.79. The van der Waals surface area contributed by atoms with E-state index < -0.39 is 0 Å². The third-order valence-electron chi connectivity index (χ3n) is 5.82. The number of nitrogens with zero attached hydrogens (tertiary/aromatic N) is 1. The number of oxazole rings is 1. The van der Waals surface area contributed by atoms with Crippen molar-refractivity contribution in [3.63, 3.8) is 0 Å².